The van der Waals surface area contributed by atoms with E-state index >= 15 is 0 Å². The van der Waals surface area contributed by atoms with Gasteiger partial charge in [0.2, 0.25) is 0 Å². The number of hydrogen-bond acceptors (Lipinski definition) is 2. The Kier molecular flexibility index (Phi) is 4.26. The Bertz CT molecular complexity index is 540. The van der Waals surface area contributed by atoms with E-state index < -0.39 is 12.0 Å². The maximum absolute atomic E-state index is 12.8. The predicted molar refractivity (Wildman–Crippen MR) is 70.1 cm³/mol. The molecular formula is C15H14FNO2. The monoisotopic (exact) mass is 259 g/mol. The lowest BCUT2D eigenvalue weighted by molar-refractivity contribution is -0.139. The molecule has 0 saturated heterocycles. The van der Waals surface area contributed by atoms with Crippen molar-refractivity contribution in [1.82, 2.24) is 5.32 Å². The highest BCUT2D eigenvalue weighted by Crippen LogP contribution is 2.15. The minimum absolute atomic E-state index is 0.379. The summed E-state index contributed by atoms with van der Waals surface area (Å²) in [6.45, 7) is 0.440. The molecule has 0 saturated carbocycles. The molecule has 0 radical (unpaired) electrons. The van der Waals surface area contributed by atoms with Gasteiger partial charge >= 0.3 is 5.97 Å². The van der Waals surface area contributed by atoms with Crippen LogP contribution in [0.25, 0.3) is 0 Å². The molecule has 19 heavy (non-hydrogen) atoms. The molecule has 0 aliphatic rings. The van der Waals surface area contributed by atoms with E-state index in [9.17, 15) is 14.3 Å². The van der Waals surface area contributed by atoms with Gasteiger partial charge in [-0.25, -0.2) is 4.39 Å². The van der Waals surface area contributed by atoms with Crippen LogP contribution in [-0.2, 0) is 11.3 Å². The van der Waals surface area contributed by atoms with Crippen LogP contribution >= 0.6 is 0 Å². The summed E-state index contributed by atoms with van der Waals surface area (Å²) in [5.41, 5.74) is 1.53. The van der Waals surface area contributed by atoms with Crippen molar-refractivity contribution in [3.8, 4) is 0 Å². The minimum Gasteiger partial charge on any atom is -0.480 e. The number of rotatable bonds is 5. The molecule has 2 N–H and O–H groups in total. The minimum atomic E-state index is -0.984. The smallest absolute Gasteiger partial charge is 0.325 e. The molecule has 0 amide bonds. The van der Waals surface area contributed by atoms with Gasteiger partial charge in [-0.15, -0.1) is 0 Å². The van der Waals surface area contributed by atoms with Gasteiger partial charge in [-0.1, -0.05) is 42.5 Å². The Balaban J connectivity index is 2.09. The van der Waals surface area contributed by atoms with Crippen molar-refractivity contribution in [2.24, 2.45) is 0 Å². The second-order valence-corrected chi connectivity index (χ2v) is 4.19. The molecule has 98 valence electrons. The Hall–Kier alpha value is -2.20. The third-order valence-corrected chi connectivity index (χ3v) is 2.80. The van der Waals surface area contributed by atoms with Crippen molar-refractivity contribution in [2.75, 3.05) is 0 Å². The summed E-state index contributed by atoms with van der Waals surface area (Å²) < 4.78 is 12.8. The summed E-state index contributed by atoms with van der Waals surface area (Å²) in [5.74, 6) is -1.36. The van der Waals surface area contributed by atoms with E-state index in [4.69, 9.17) is 0 Å². The van der Waals surface area contributed by atoms with Crippen LogP contribution in [0.5, 0.6) is 0 Å². The molecule has 0 spiro atoms. The second-order valence-electron chi connectivity index (χ2n) is 4.19. The van der Waals surface area contributed by atoms with E-state index in [0.717, 1.165) is 5.56 Å². The molecule has 4 heteroatoms. The summed E-state index contributed by atoms with van der Waals surface area (Å²) in [6, 6.07) is 14.1. The number of carboxylic acids is 1. The molecule has 0 aromatic heterocycles. The number of aliphatic carboxylic acids is 1. The average Bonchev–Trinajstić information content (AvgIpc) is 2.42. The third-order valence-electron chi connectivity index (χ3n) is 2.80. The molecular weight excluding hydrogens is 245 g/mol. The molecule has 0 bridgehead atoms. The van der Waals surface area contributed by atoms with Gasteiger partial charge < -0.3 is 5.11 Å². The first-order valence-electron chi connectivity index (χ1n) is 5.92. The standard InChI is InChI=1S/C15H14FNO2/c16-13-8-6-12(7-9-13)14(15(18)19)17-10-11-4-2-1-3-5-11/h1-9,14,17H,10H2,(H,18,19)/t14-/m0/s1. The van der Waals surface area contributed by atoms with Crippen molar-refractivity contribution >= 4 is 5.97 Å². The second kappa shape index (κ2) is 6.11. The first-order valence-corrected chi connectivity index (χ1v) is 5.92. The topological polar surface area (TPSA) is 49.3 Å². The van der Waals surface area contributed by atoms with E-state index in [0.29, 0.717) is 12.1 Å². The maximum atomic E-state index is 12.8. The Morgan fingerprint density at radius 2 is 1.74 bits per heavy atom. The first-order chi connectivity index (χ1) is 9.16. The van der Waals surface area contributed by atoms with Crippen LogP contribution in [0.15, 0.2) is 54.6 Å². The average molecular weight is 259 g/mol. The lowest BCUT2D eigenvalue weighted by atomic mass is 10.1. The van der Waals surface area contributed by atoms with Crippen LogP contribution in [0.4, 0.5) is 4.39 Å². The lowest BCUT2D eigenvalue weighted by Crippen LogP contribution is -2.28. The number of hydrogen-bond donors (Lipinski definition) is 2. The maximum Gasteiger partial charge on any atom is 0.325 e. The van der Waals surface area contributed by atoms with E-state index in [1.807, 2.05) is 30.3 Å². The number of carbonyl (C=O) groups is 1. The van der Waals surface area contributed by atoms with Gasteiger partial charge in [-0.05, 0) is 23.3 Å². The predicted octanol–water partition coefficient (Wildman–Crippen LogP) is 2.74. The Morgan fingerprint density at radius 1 is 1.11 bits per heavy atom. The van der Waals surface area contributed by atoms with Crippen molar-refractivity contribution in [1.29, 1.82) is 0 Å². The zero-order chi connectivity index (χ0) is 13.7. The zero-order valence-corrected chi connectivity index (χ0v) is 10.2. The molecule has 2 rings (SSSR count). The number of nitrogens with one attached hydrogen (secondary N) is 1. The number of benzene rings is 2. The van der Waals surface area contributed by atoms with Crippen molar-refractivity contribution in [2.45, 2.75) is 12.6 Å². The summed E-state index contributed by atoms with van der Waals surface area (Å²) >= 11 is 0. The highest BCUT2D eigenvalue weighted by atomic mass is 19.1. The number of halogens is 1. The van der Waals surface area contributed by atoms with Crippen LogP contribution in [0.3, 0.4) is 0 Å². The van der Waals surface area contributed by atoms with Gasteiger partial charge in [0.25, 0.3) is 0 Å². The van der Waals surface area contributed by atoms with Gasteiger partial charge in [0.1, 0.15) is 11.9 Å². The van der Waals surface area contributed by atoms with Gasteiger partial charge in [-0.2, -0.15) is 0 Å². The zero-order valence-electron chi connectivity index (χ0n) is 10.2. The molecule has 2 aromatic rings. The summed E-state index contributed by atoms with van der Waals surface area (Å²) in [5, 5.41) is 12.2. The van der Waals surface area contributed by atoms with Gasteiger partial charge in [0.05, 0.1) is 0 Å². The quantitative estimate of drug-likeness (QED) is 0.868. The highest BCUT2D eigenvalue weighted by molar-refractivity contribution is 5.75. The fourth-order valence-corrected chi connectivity index (χ4v) is 1.82. The van der Waals surface area contributed by atoms with Crippen LogP contribution < -0.4 is 5.32 Å². The molecule has 3 nitrogen and oxygen atoms in total. The van der Waals surface area contributed by atoms with Crippen molar-refractivity contribution in [3.05, 3.63) is 71.5 Å². The first kappa shape index (κ1) is 13.2. The lowest BCUT2D eigenvalue weighted by Gasteiger charge is -2.15. The highest BCUT2D eigenvalue weighted by Gasteiger charge is 2.18. The van der Waals surface area contributed by atoms with Gasteiger partial charge in [-0.3, -0.25) is 10.1 Å². The number of carboxylic acid groups (broad SMARTS) is 1. The summed E-state index contributed by atoms with van der Waals surface area (Å²) in [4.78, 5) is 11.2. The fourth-order valence-electron chi connectivity index (χ4n) is 1.82. The Morgan fingerprint density at radius 3 is 2.32 bits per heavy atom. The van der Waals surface area contributed by atoms with E-state index in [-0.39, 0.29) is 5.82 Å². The van der Waals surface area contributed by atoms with Gasteiger partial charge in [0, 0.05) is 6.54 Å². The molecule has 1 atom stereocenters. The Labute approximate surface area is 110 Å². The van der Waals surface area contributed by atoms with E-state index in [1.165, 1.54) is 24.3 Å². The molecule has 0 fully saturated rings. The largest absolute Gasteiger partial charge is 0.480 e. The molecule has 0 heterocycles. The third kappa shape index (κ3) is 3.63. The molecule has 0 unspecified atom stereocenters. The summed E-state index contributed by atoms with van der Waals surface area (Å²) in [6.07, 6.45) is 0. The van der Waals surface area contributed by atoms with Crippen molar-refractivity contribution < 1.29 is 14.3 Å². The molecule has 0 aliphatic heterocycles. The molecule has 2 aromatic carbocycles. The van der Waals surface area contributed by atoms with Crippen LogP contribution in [0.1, 0.15) is 17.2 Å². The van der Waals surface area contributed by atoms with Crippen LogP contribution in [0, 0.1) is 5.82 Å². The normalized spacial score (nSPS) is 12.1. The van der Waals surface area contributed by atoms with Crippen LogP contribution in [0.2, 0.25) is 0 Å². The van der Waals surface area contributed by atoms with E-state index in [2.05, 4.69) is 5.32 Å². The summed E-state index contributed by atoms with van der Waals surface area (Å²) in [7, 11) is 0. The van der Waals surface area contributed by atoms with E-state index in [1.54, 1.807) is 0 Å². The van der Waals surface area contributed by atoms with Crippen LogP contribution in [-0.4, -0.2) is 11.1 Å². The molecule has 0 aliphatic carbocycles. The van der Waals surface area contributed by atoms with Crippen molar-refractivity contribution in [3.63, 3.8) is 0 Å². The SMILES string of the molecule is O=C(O)[C@@H](NCc1ccccc1)c1ccc(F)cc1. The fraction of sp³-hybridized carbons (Fsp3) is 0.133. The van der Waals surface area contributed by atoms with Gasteiger partial charge in [0.15, 0.2) is 0 Å².